The smallest absolute Gasteiger partial charge is 0.338 e. The summed E-state index contributed by atoms with van der Waals surface area (Å²) in [6.45, 7) is 6.42. The van der Waals surface area contributed by atoms with Crippen LogP contribution >= 0.6 is 0 Å². The van der Waals surface area contributed by atoms with E-state index in [0.717, 1.165) is 35.3 Å². The number of nitrogens with one attached hydrogen (secondary N) is 2. The number of carbonyl (C=O) groups excluding carboxylic acids is 2. The molecule has 2 aromatic rings. The lowest BCUT2D eigenvalue weighted by Crippen LogP contribution is -2.23. The van der Waals surface area contributed by atoms with Gasteiger partial charge in [0.2, 0.25) is 5.91 Å². The van der Waals surface area contributed by atoms with Crippen LogP contribution in [0.1, 0.15) is 42.3 Å². The SMILES string of the molecule is CCOC(=O)c1ccc(NCC(=O)Nc2c(CC)cccc2CC)cc1. The van der Waals surface area contributed by atoms with Gasteiger partial charge in [-0.25, -0.2) is 4.79 Å². The molecule has 2 aromatic carbocycles. The Morgan fingerprint density at radius 3 is 2.08 bits per heavy atom. The Hall–Kier alpha value is -2.82. The normalized spacial score (nSPS) is 10.3. The fourth-order valence-corrected chi connectivity index (χ4v) is 2.71. The molecule has 0 aliphatic rings. The number of ether oxygens (including phenoxy) is 1. The zero-order valence-corrected chi connectivity index (χ0v) is 15.6. The summed E-state index contributed by atoms with van der Waals surface area (Å²) in [6.07, 6.45) is 1.73. The van der Waals surface area contributed by atoms with Gasteiger partial charge in [-0.05, 0) is 55.2 Å². The van der Waals surface area contributed by atoms with Crippen molar-refractivity contribution < 1.29 is 14.3 Å². The Morgan fingerprint density at radius 1 is 0.923 bits per heavy atom. The zero-order chi connectivity index (χ0) is 18.9. The van der Waals surface area contributed by atoms with Crippen LogP contribution in [-0.4, -0.2) is 25.0 Å². The minimum Gasteiger partial charge on any atom is -0.462 e. The van der Waals surface area contributed by atoms with Gasteiger partial charge in [0.1, 0.15) is 0 Å². The van der Waals surface area contributed by atoms with Gasteiger partial charge in [-0.3, -0.25) is 4.79 Å². The minimum absolute atomic E-state index is 0.102. The van der Waals surface area contributed by atoms with Crippen molar-refractivity contribution in [1.82, 2.24) is 0 Å². The summed E-state index contributed by atoms with van der Waals surface area (Å²) in [7, 11) is 0. The van der Waals surface area contributed by atoms with Gasteiger partial charge in [-0.2, -0.15) is 0 Å². The van der Waals surface area contributed by atoms with Gasteiger partial charge in [-0.1, -0.05) is 32.0 Å². The van der Waals surface area contributed by atoms with E-state index in [-0.39, 0.29) is 18.4 Å². The maximum Gasteiger partial charge on any atom is 0.338 e. The average Bonchev–Trinajstić information content (AvgIpc) is 2.67. The van der Waals surface area contributed by atoms with E-state index < -0.39 is 0 Å². The molecule has 1 amide bonds. The zero-order valence-electron chi connectivity index (χ0n) is 15.6. The number of hydrogen-bond acceptors (Lipinski definition) is 4. The molecule has 0 saturated carbocycles. The molecule has 138 valence electrons. The lowest BCUT2D eigenvalue weighted by atomic mass is 10.0. The molecule has 5 nitrogen and oxygen atoms in total. The van der Waals surface area contributed by atoms with Gasteiger partial charge in [0.05, 0.1) is 18.7 Å². The molecule has 2 rings (SSSR count). The Morgan fingerprint density at radius 2 is 1.54 bits per heavy atom. The molecule has 26 heavy (non-hydrogen) atoms. The fourth-order valence-electron chi connectivity index (χ4n) is 2.71. The van der Waals surface area contributed by atoms with Crippen LogP contribution in [0, 0.1) is 0 Å². The van der Waals surface area contributed by atoms with Crippen LogP contribution in [0.2, 0.25) is 0 Å². The van der Waals surface area contributed by atoms with Crippen molar-refractivity contribution >= 4 is 23.3 Å². The van der Waals surface area contributed by atoms with Crippen molar-refractivity contribution in [2.75, 3.05) is 23.8 Å². The number of hydrogen-bond donors (Lipinski definition) is 2. The first-order valence-corrected chi connectivity index (χ1v) is 9.00. The quantitative estimate of drug-likeness (QED) is 0.702. The van der Waals surface area contributed by atoms with Gasteiger partial charge < -0.3 is 15.4 Å². The molecule has 0 saturated heterocycles. The molecule has 0 unspecified atom stereocenters. The Kier molecular flexibility index (Phi) is 7.21. The molecular formula is C21H26N2O3. The van der Waals surface area contributed by atoms with Crippen LogP contribution in [0.25, 0.3) is 0 Å². The molecule has 0 aromatic heterocycles. The van der Waals surface area contributed by atoms with Crippen molar-refractivity contribution in [3.05, 3.63) is 59.2 Å². The second kappa shape index (κ2) is 9.61. The first-order chi connectivity index (χ1) is 12.6. The van der Waals surface area contributed by atoms with Crippen molar-refractivity contribution in [3.63, 3.8) is 0 Å². The number of rotatable bonds is 8. The second-order valence-electron chi connectivity index (χ2n) is 5.86. The molecule has 0 bridgehead atoms. The maximum atomic E-state index is 12.3. The molecule has 0 spiro atoms. The van der Waals surface area contributed by atoms with Crippen molar-refractivity contribution in [1.29, 1.82) is 0 Å². The third-order valence-corrected chi connectivity index (χ3v) is 4.11. The highest BCUT2D eigenvalue weighted by atomic mass is 16.5. The number of esters is 1. The highest BCUT2D eigenvalue weighted by Crippen LogP contribution is 2.22. The van der Waals surface area contributed by atoms with Crippen LogP contribution in [0.4, 0.5) is 11.4 Å². The summed E-state index contributed by atoms with van der Waals surface area (Å²) in [5.74, 6) is -0.449. The highest BCUT2D eigenvalue weighted by molar-refractivity contribution is 5.95. The van der Waals surface area contributed by atoms with E-state index in [1.165, 1.54) is 0 Å². The van der Waals surface area contributed by atoms with E-state index >= 15 is 0 Å². The van der Waals surface area contributed by atoms with Gasteiger partial charge >= 0.3 is 5.97 Å². The van der Waals surface area contributed by atoms with E-state index in [4.69, 9.17) is 4.74 Å². The first-order valence-electron chi connectivity index (χ1n) is 9.00. The summed E-state index contributed by atoms with van der Waals surface area (Å²) in [4.78, 5) is 24.0. The molecule has 0 atom stereocenters. The molecule has 0 heterocycles. The van der Waals surface area contributed by atoms with Crippen LogP contribution < -0.4 is 10.6 Å². The fraction of sp³-hybridized carbons (Fsp3) is 0.333. The maximum absolute atomic E-state index is 12.3. The summed E-state index contributed by atoms with van der Waals surface area (Å²) in [5, 5.41) is 6.10. The number of carbonyl (C=O) groups is 2. The van der Waals surface area contributed by atoms with Gasteiger partial charge in [0.25, 0.3) is 0 Å². The molecule has 0 aliphatic carbocycles. The molecular weight excluding hydrogens is 328 g/mol. The summed E-state index contributed by atoms with van der Waals surface area (Å²) in [5.41, 5.74) is 4.45. The number of amides is 1. The summed E-state index contributed by atoms with van der Waals surface area (Å²) >= 11 is 0. The molecule has 0 aliphatic heterocycles. The Balaban J connectivity index is 1.96. The van der Waals surface area contributed by atoms with E-state index in [0.29, 0.717) is 12.2 Å². The van der Waals surface area contributed by atoms with E-state index in [1.54, 1.807) is 31.2 Å². The van der Waals surface area contributed by atoms with Crippen LogP contribution in [0.5, 0.6) is 0 Å². The standard InChI is InChI=1S/C21H26N2O3/c1-4-15-8-7-9-16(5-2)20(15)23-19(24)14-22-18-12-10-17(11-13-18)21(25)26-6-3/h7-13,22H,4-6,14H2,1-3H3,(H,23,24). The number of benzene rings is 2. The minimum atomic E-state index is -0.347. The van der Waals surface area contributed by atoms with E-state index in [1.807, 2.05) is 18.2 Å². The monoisotopic (exact) mass is 354 g/mol. The lowest BCUT2D eigenvalue weighted by Gasteiger charge is -2.15. The Labute approximate surface area is 154 Å². The van der Waals surface area contributed by atoms with Crippen molar-refractivity contribution in [2.24, 2.45) is 0 Å². The predicted octanol–water partition coefficient (Wildman–Crippen LogP) is 4.04. The van der Waals surface area contributed by atoms with Crippen molar-refractivity contribution in [2.45, 2.75) is 33.6 Å². The summed E-state index contributed by atoms with van der Waals surface area (Å²) in [6, 6.07) is 13.0. The molecule has 0 radical (unpaired) electrons. The first kappa shape index (κ1) is 19.5. The second-order valence-corrected chi connectivity index (χ2v) is 5.86. The lowest BCUT2D eigenvalue weighted by molar-refractivity contribution is -0.114. The van der Waals surface area contributed by atoms with Crippen LogP contribution in [0.15, 0.2) is 42.5 Å². The summed E-state index contributed by atoms with van der Waals surface area (Å²) < 4.78 is 4.95. The van der Waals surface area contributed by atoms with Gasteiger partial charge in [-0.15, -0.1) is 0 Å². The molecule has 0 fully saturated rings. The van der Waals surface area contributed by atoms with Crippen molar-refractivity contribution in [3.8, 4) is 0 Å². The van der Waals surface area contributed by atoms with Gasteiger partial charge in [0.15, 0.2) is 0 Å². The average molecular weight is 354 g/mol. The largest absolute Gasteiger partial charge is 0.462 e. The van der Waals surface area contributed by atoms with Gasteiger partial charge in [0, 0.05) is 11.4 Å². The van der Waals surface area contributed by atoms with Crippen LogP contribution in [-0.2, 0) is 22.4 Å². The highest BCUT2D eigenvalue weighted by Gasteiger charge is 2.10. The van der Waals surface area contributed by atoms with E-state index in [9.17, 15) is 9.59 Å². The Bertz CT molecular complexity index is 732. The number of aryl methyl sites for hydroxylation is 2. The molecule has 2 N–H and O–H groups in total. The number of para-hydroxylation sites is 1. The molecule has 5 heteroatoms. The topological polar surface area (TPSA) is 67.4 Å². The third-order valence-electron chi connectivity index (χ3n) is 4.11. The number of anilines is 2. The predicted molar refractivity (Wildman–Crippen MR) is 105 cm³/mol. The third kappa shape index (κ3) is 5.09. The van der Waals surface area contributed by atoms with E-state index in [2.05, 4.69) is 24.5 Å². The van der Waals surface area contributed by atoms with Crippen LogP contribution in [0.3, 0.4) is 0 Å².